The number of anilines is 1. The molecule has 2 rings (SSSR count). The Morgan fingerprint density at radius 1 is 0.944 bits per heavy atom. The minimum absolute atomic E-state index is 0.101. The van der Waals surface area contributed by atoms with Gasteiger partial charge in [-0.25, -0.2) is 0 Å². The van der Waals surface area contributed by atoms with Crippen LogP contribution in [-0.2, 0) is 0 Å². The molecule has 1 N–H and O–H groups in total. The Hall–Kier alpha value is -2.09. The minimum Gasteiger partial charge on any atom is -0.385 e. The molecule has 0 aliphatic heterocycles. The molecular weight excluding hydrogens is 222 g/mol. The van der Waals surface area contributed by atoms with E-state index in [1.165, 1.54) is 0 Å². The van der Waals surface area contributed by atoms with Gasteiger partial charge in [0.25, 0.3) is 0 Å². The molecule has 0 fully saturated rings. The summed E-state index contributed by atoms with van der Waals surface area (Å²) >= 11 is 0. The number of rotatable bonds is 4. The predicted octanol–water partition coefficient (Wildman–Crippen LogP) is 3.99. The molecule has 0 aliphatic carbocycles. The first kappa shape index (κ1) is 12.4. The van der Waals surface area contributed by atoms with Crippen molar-refractivity contribution >= 4 is 11.5 Å². The van der Waals surface area contributed by atoms with Crippen molar-refractivity contribution in [2.45, 2.75) is 13.8 Å². The summed E-state index contributed by atoms with van der Waals surface area (Å²) in [5.74, 6) is 0.101. The van der Waals surface area contributed by atoms with Gasteiger partial charge in [0.05, 0.1) is 0 Å². The zero-order chi connectivity index (χ0) is 13.0. The SMILES string of the molecule is CCNc1ccc(-c2ccc(C(C)=O)cc2)cc1. The van der Waals surface area contributed by atoms with Crippen molar-refractivity contribution < 1.29 is 4.79 Å². The molecule has 2 heteroatoms. The van der Waals surface area contributed by atoms with Crippen LogP contribution in [0.1, 0.15) is 24.2 Å². The molecule has 2 aromatic carbocycles. The van der Waals surface area contributed by atoms with Crippen molar-refractivity contribution in [1.29, 1.82) is 0 Å². The van der Waals surface area contributed by atoms with E-state index >= 15 is 0 Å². The van der Waals surface area contributed by atoms with Crippen molar-refractivity contribution in [3.63, 3.8) is 0 Å². The van der Waals surface area contributed by atoms with Crippen molar-refractivity contribution in [1.82, 2.24) is 0 Å². The molecule has 0 amide bonds. The average molecular weight is 239 g/mol. The van der Waals surface area contributed by atoms with E-state index in [-0.39, 0.29) is 5.78 Å². The molecule has 0 spiro atoms. The fourth-order valence-corrected chi connectivity index (χ4v) is 1.88. The fourth-order valence-electron chi connectivity index (χ4n) is 1.88. The van der Waals surface area contributed by atoms with Gasteiger partial charge in [-0.2, -0.15) is 0 Å². The summed E-state index contributed by atoms with van der Waals surface area (Å²) in [6.45, 7) is 4.58. The smallest absolute Gasteiger partial charge is 0.159 e. The predicted molar refractivity (Wildman–Crippen MR) is 76.0 cm³/mol. The molecule has 92 valence electrons. The molecule has 0 unspecified atom stereocenters. The lowest BCUT2D eigenvalue weighted by Crippen LogP contribution is -1.95. The van der Waals surface area contributed by atoms with E-state index in [4.69, 9.17) is 0 Å². The summed E-state index contributed by atoms with van der Waals surface area (Å²) in [5.41, 5.74) is 4.17. The van der Waals surface area contributed by atoms with Crippen molar-refractivity contribution in [2.24, 2.45) is 0 Å². The lowest BCUT2D eigenvalue weighted by atomic mass is 10.0. The molecule has 0 aliphatic rings. The van der Waals surface area contributed by atoms with Crippen molar-refractivity contribution in [3.05, 3.63) is 54.1 Å². The van der Waals surface area contributed by atoms with Gasteiger partial charge in [0.2, 0.25) is 0 Å². The third-order valence-corrected chi connectivity index (χ3v) is 2.89. The van der Waals surface area contributed by atoms with Gasteiger partial charge in [0.15, 0.2) is 5.78 Å². The van der Waals surface area contributed by atoms with Crippen molar-refractivity contribution in [2.75, 3.05) is 11.9 Å². The third kappa shape index (κ3) is 2.77. The maximum atomic E-state index is 11.2. The number of carbonyl (C=O) groups is 1. The molecule has 0 saturated carbocycles. The van der Waals surface area contributed by atoms with Crippen LogP contribution in [0.3, 0.4) is 0 Å². The average Bonchev–Trinajstić information content (AvgIpc) is 2.40. The van der Waals surface area contributed by atoms with E-state index in [1.54, 1.807) is 6.92 Å². The van der Waals surface area contributed by atoms with Gasteiger partial charge in [-0.3, -0.25) is 4.79 Å². The first-order valence-electron chi connectivity index (χ1n) is 6.16. The lowest BCUT2D eigenvalue weighted by molar-refractivity contribution is 0.101. The third-order valence-electron chi connectivity index (χ3n) is 2.89. The summed E-state index contributed by atoms with van der Waals surface area (Å²) < 4.78 is 0. The number of hydrogen-bond donors (Lipinski definition) is 1. The first-order chi connectivity index (χ1) is 8.70. The van der Waals surface area contributed by atoms with Gasteiger partial charge >= 0.3 is 0 Å². The largest absolute Gasteiger partial charge is 0.385 e. The highest BCUT2D eigenvalue weighted by Crippen LogP contribution is 2.21. The standard InChI is InChI=1S/C16H17NO/c1-3-17-16-10-8-15(9-11-16)14-6-4-13(5-7-14)12(2)18/h4-11,17H,3H2,1-2H3. The summed E-state index contributed by atoms with van der Waals surface area (Å²) in [4.78, 5) is 11.2. The topological polar surface area (TPSA) is 29.1 Å². The normalized spacial score (nSPS) is 10.1. The van der Waals surface area contributed by atoms with Crippen LogP contribution in [-0.4, -0.2) is 12.3 Å². The Bertz CT molecular complexity index is 526. The van der Waals surface area contributed by atoms with Crippen molar-refractivity contribution in [3.8, 4) is 11.1 Å². The Kier molecular flexibility index (Phi) is 3.78. The van der Waals surface area contributed by atoms with Gasteiger partial charge in [-0.05, 0) is 37.1 Å². The van der Waals surface area contributed by atoms with Gasteiger partial charge in [-0.1, -0.05) is 36.4 Å². The Morgan fingerprint density at radius 2 is 1.44 bits per heavy atom. The highest BCUT2D eigenvalue weighted by Gasteiger charge is 2.01. The summed E-state index contributed by atoms with van der Waals surface area (Å²) in [7, 11) is 0. The maximum absolute atomic E-state index is 11.2. The van der Waals surface area contributed by atoms with Gasteiger partial charge in [-0.15, -0.1) is 0 Å². The number of benzene rings is 2. The van der Waals surface area contributed by atoms with Gasteiger partial charge in [0.1, 0.15) is 0 Å². The van der Waals surface area contributed by atoms with E-state index in [9.17, 15) is 4.79 Å². The first-order valence-corrected chi connectivity index (χ1v) is 6.16. The Balaban J connectivity index is 2.23. The Morgan fingerprint density at radius 3 is 1.89 bits per heavy atom. The highest BCUT2D eigenvalue weighted by molar-refractivity contribution is 5.94. The minimum atomic E-state index is 0.101. The van der Waals surface area contributed by atoms with E-state index in [2.05, 4.69) is 36.5 Å². The molecule has 0 radical (unpaired) electrons. The molecular formula is C16H17NO. The van der Waals surface area contributed by atoms with E-state index in [1.807, 2.05) is 24.3 Å². The van der Waals surface area contributed by atoms with Crippen LogP contribution in [0.25, 0.3) is 11.1 Å². The van der Waals surface area contributed by atoms with E-state index < -0.39 is 0 Å². The van der Waals surface area contributed by atoms with Crippen LogP contribution in [0, 0.1) is 0 Å². The molecule has 2 aromatic rings. The lowest BCUT2D eigenvalue weighted by Gasteiger charge is -2.06. The molecule has 2 nitrogen and oxygen atoms in total. The molecule has 0 aromatic heterocycles. The maximum Gasteiger partial charge on any atom is 0.159 e. The molecule has 0 bridgehead atoms. The van der Waals surface area contributed by atoms with Gasteiger partial charge in [0, 0.05) is 17.8 Å². The Labute approximate surface area is 108 Å². The fraction of sp³-hybridized carbons (Fsp3) is 0.188. The quantitative estimate of drug-likeness (QED) is 0.817. The van der Waals surface area contributed by atoms with Crippen LogP contribution in [0.5, 0.6) is 0 Å². The monoisotopic (exact) mass is 239 g/mol. The molecule has 18 heavy (non-hydrogen) atoms. The van der Waals surface area contributed by atoms with E-state index in [0.717, 1.165) is 28.9 Å². The van der Waals surface area contributed by atoms with Crippen LogP contribution >= 0.6 is 0 Å². The van der Waals surface area contributed by atoms with Crippen LogP contribution in [0.4, 0.5) is 5.69 Å². The number of carbonyl (C=O) groups excluding carboxylic acids is 1. The number of nitrogens with one attached hydrogen (secondary N) is 1. The highest BCUT2D eigenvalue weighted by atomic mass is 16.1. The number of Topliss-reactive ketones (excluding diaryl/α,β-unsaturated/α-hetero) is 1. The zero-order valence-electron chi connectivity index (χ0n) is 10.7. The van der Waals surface area contributed by atoms with Crippen LogP contribution < -0.4 is 5.32 Å². The molecule has 0 atom stereocenters. The molecule has 0 saturated heterocycles. The summed E-state index contributed by atoms with van der Waals surface area (Å²) in [6.07, 6.45) is 0. The van der Waals surface area contributed by atoms with Gasteiger partial charge < -0.3 is 5.32 Å². The summed E-state index contributed by atoms with van der Waals surface area (Å²) in [5, 5.41) is 3.27. The molecule has 0 heterocycles. The second-order valence-corrected chi connectivity index (χ2v) is 4.24. The van der Waals surface area contributed by atoms with E-state index in [0.29, 0.717) is 0 Å². The number of ketones is 1. The second kappa shape index (κ2) is 5.50. The summed E-state index contributed by atoms with van der Waals surface area (Å²) in [6, 6.07) is 16.0. The van der Waals surface area contributed by atoms with Crippen LogP contribution in [0.2, 0.25) is 0 Å². The van der Waals surface area contributed by atoms with Crippen LogP contribution in [0.15, 0.2) is 48.5 Å². The zero-order valence-corrected chi connectivity index (χ0v) is 10.7. The number of hydrogen-bond acceptors (Lipinski definition) is 2. The second-order valence-electron chi connectivity index (χ2n) is 4.24.